The molecule has 1 aromatic heterocycles. The average Bonchev–Trinajstić information content (AvgIpc) is 3.73. The molecule has 4 N–H and O–H groups in total. The molecule has 320 valence electrons. The molecule has 0 fully saturated rings. The fraction of sp³-hybridized carbons (Fsp3) is 0.0492. The van der Waals surface area contributed by atoms with Crippen LogP contribution in [0.4, 0.5) is 5.69 Å². The lowest BCUT2D eigenvalue weighted by atomic mass is 9.91. The molecule has 2 atom stereocenters. The lowest BCUT2D eigenvalue weighted by Gasteiger charge is -2.22. The second kappa shape index (κ2) is 22.3. The van der Waals surface area contributed by atoms with Gasteiger partial charge in [-0.05, 0) is 105 Å². The number of nitrogens with one attached hydrogen (secondary N) is 1. The second-order valence-corrected chi connectivity index (χ2v) is 15.7. The summed E-state index contributed by atoms with van der Waals surface area (Å²) in [4.78, 5) is 5.72. The first-order chi connectivity index (χ1) is 31.8. The standard InChI is InChI=1S/C42H32N2.C13H17NO.C6H6/c1-3-4-5-9-24-44-25-10-8-13-30(2)37-22-20-36(29-42(37)44)34-17-12-15-32(27-34)31-14-11-16-33(26-31)35-21-23-39-38-18-6-7-19-40(38)43-41(39)28-35;1-10(5-3-4-8-15)12-7-6-11(2)13(14)9-12;1-2-4-6-5-3-1/h3-29,43H,1-2H2;3-9,11,13,15H,1,14H2,2H3;1-6H/b5-4-,13-8-,24-9-,25-10-;5-3-,8-4-;. The highest BCUT2D eigenvalue weighted by Gasteiger charge is 2.15. The van der Waals surface area contributed by atoms with Gasteiger partial charge in [0.1, 0.15) is 0 Å². The summed E-state index contributed by atoms with van der Waals surface area (Å²) in [7, 11) is 0. The van der Waals surface area contributed by atoms with Gasteiger partial charge in [0.2, 0.25) is 0 Å². The van der Waals surface area contributed by atoms with Crippen molar-refractivity contribution in [1.82, 2.24) is 4.98 Å². The van der Waals surface area contributed by atoms with E-state index in [1.54, 1.807) is 18.2 Å². The predicted molar refractivity (Wildman–Crippen MR) is 281 cm³/mol. The van der Waals surface area contributed by atoms with Crippen LogP contribution in [-0.2, 0) is 0 Å². The highest BCUT2D eigenvalue weighted by Crippen LogP contribution is 2.36. The van der Waals surface area contributed by atoms with Crippen LogP contribution in [0, 0.1) is 5.92 Å². The number of benzene rings is 6. The first kappa shape index (κ1) is 44.9. The quantitative estimate of drug-likeness (QED) is 0.100. The van der Waals surface area contributed by atoms with E-state index in [-0.39, 0.29) is 6.04 Å². The second-order valence-electron chi connectivity index (χ2n) is 15.7. The van der Waals surface area contributed by atoms with E-state index in [1.807, 2.05) is 85.0 Å². The summed E-state index contributed by atoms with van der Waals surface area (Å²) in [5, 5.41) is 11.0. The SMILES string of the molecule is C=C(/C=C\C=C/O)C1=CC(N)C(C)C=C1.C=C/C=C\C=C/N1/C=C\C=C/C(=C)c2ccc(-c3cccc(-c4cccc(-c5ccc6c(c5)[nH]c5ccccc56)c4)c3)cc21.c1ccccc1. The number of nitrogens with zero attached hydrogens (tertiary/aromatic N) is 1. The van der Waals surface area contributed by atoms with Crippen molar-refractivity contribution in [3.8, 4) is 33.4 Å². The van der Waals surface area contributed by atoms with Gasteiger partial charge in [-0.25, -0.2) is 0 Å². The van der Waals surface area contributed by atoms with E-state index in [4.69, 9.17) is 10.8 Å². The van der Waals surface area contributed by atoms with E-state index >= 15 is 0 Å². The van der Waals surface area contributed by atoms with Crippen LogP contribution in [0.5, 0.6) is 0 Å². The molecule has 4 nitrogen and oxygen atoms in total. The number of rotatable bonds is 9. The number of aliphatic hydroxyl groups is 1. The van der Waals surface area contributed by atoms with Gasteiger partial charge in [0.25, 0.3) is 0 Å². The molecule has 0 amide bonds. The largest absolute Gasteiger partial charge is 0.516 e. The molecule has 65 heavy (non-hydrogen) atoms. The van der Waals surface area contributed by atoms with E-state index in [2.05, 4.69) is 170 Å². The summed E-state index contributed by atoms with van der Waals surface area (Å²) >= 11 is 0. The number of nitrogens with two attached hydrogens (primary N) is 1. The molecular formula is C61H55N3O. The molecule has 1 aliphatic carbocycles. The molecule has 0 radical (unpaired) electrons. The minimum atomic E-state index is 0.0588. The molecule has 2 heterocycles. The molecule has 9 rings (SSSR count). The van der Waals surface area contributed by atoms with Crippen LogP contribution < -0.4 is 10.6 Å². The summed E-state index contributed by atoms with van der Waals surface area (Å²) in [5.41, 5.74) is 20.4. The minimum absolute atomic E-state index is 0.0588. The Hall–Kier alpha value is -8.18. The summed E-state index contributed by atoms with van der Waals surface area (Å²) in [6, 6.07) is 51.4. The van der Waals surface area contributed by atoms with Gasteiger partial charge in [-0.3, -0.25) is 0 Å². The Morgan fingerprint density at radius 3 is 1.94 bits per heavy atom. The third-order valence-corrected chi connectivity index (χ3v) is 11.2. The molecular weight excluding hydrogens is 791 g/mol. The molecule has 6 aromatic carbocycles. The number of hydrogen-bond acceptors (Lipinski definition) is 3. The van der Waals surface area contributed by atoms with Crippen LogP contribution in [0.2, 0.25) is 0 Å². The first-order valence-electron chi connectivity index (χ1n) is 21.8. The number of fused-ring (bicyclic) bond motifs is 4. The Morgan fingerprint density at radius 1 is 0.646 bits per heavy atom. The molecule has 0 spiro atoms. The van der Waals surface area contributed by atoms with Crippen LogP contribution >= 0.6 is 0 Å². The monoisotopic (exact) mass is 845 g/mol. The lowest BCUT2D eigenvalue weighted by Crippen LogP contribution is -2.26. The van der Waals surface area contributed by atoms with Gasteiger partial charge < -0.3 is 20.7 Å². The zero-order valence-corrected chi connectivity index (χ0v) is 36.8. The van der Waals surface area contributed by atoms with E-state index in [0.717, 1.165) is 50.9 Å². The van der Waals surface area contributed by atoms with Crippen LogP contribution in [0.15, 0.2) is 274 Å². The van der Waals surface area contributed by atoms with Crippen molar-refractivity contribution in [1.29, 1.82) is 0 Å². The Kier molecular flexibility index (Phi) is 15.4. The summed E-state index contributed by atoms with van der Waals surface area (Å²) in [6.07, 6.45) is 30.2. The van der Waals surface area contributed by atoms with Crippen LogP contribution in [0.3, 0.4) is 0 Å². The molecule has 2 unspecified atom stereocenters. The fourth-order valence-electron chi connectivity index (χ4n) is 7.60. The average molecular weight is 846 g/mol. The smallest absolute Gasteiger partial charge is 0.0791 e. The molecule has 0 saturated heterocycles. The third-order valence-electron chi connectivity index (χ3n) is 11.2. The van der Waals surface area contributed by atoms with Crippen LogP contribution in [-0.4, -0.2) is 16.1 Å². The highest BCUT2D eigenvalue weighted by atomic mass is 16.2. The van der Waals surface area contributed by atoms with Crippen molar-refractivity contribution in [2.75, 3.05) is 4.90 Å². The number of H-pyrrole nitrogens is 1. The van der Waals surface area contributed by atoms with E-state index in [9.17, 15) is 0 Å². The normalized spacial score (nSPS) is 16.7. The van der Waals surface area contributed by atoms with Gasteiger partial charge >= 0.3 is 0 Å². The van der Waals surface area contributed by atoms with Gasteiger partial charge in [-0.1, -0.05) is 203 Å². The van der Waals surface area contributed by atoms with Gasteiger partial charge in [0.15, 0.2) is 0 Å². The molecule has 7 aromatic rings. The predicted octanol–water partition coefficient (Wildman–Crippen LogP) is 15.8. The Labute approximate surface area is 384 Å². The third kappa shape index (κ3) is 11.6. The highest BCUT2D eigenvalue weighted by molar-refractivity contribution is 6.08. The van der Waals surface area contributed by atoms with E-state index in [0.29, 0.717) is 5.92 Å². The zero-order chi connectivity index (χ0) is 45.4. The number of anilines is 1. The topological polar surface area (TPSA) is 65.3 Å². The van der Waals surface area contributed by atoms with Crippen molar-refractivity contribution in [3.05, 3.63) is 280 Å². The van der Waals surface area contributed by atoms with E-state index in [1.165, 1.54) is 38.5 Å². The first-order valence-corrected chi connectivity index (χ1v) is 21.8. The van der Waals surface area contributed by atoms with Crippen LogP contribution in [0.25, 0.3) is 60.8 Å². The van der Waals surface area contributed by atoms with Crippen molar-refractivity contribution in [2.24, 2.45) is 11.7 Å². The zero-order valence-electron chi connectivity index (χ0n) is 36.8. The molecule has 0 saturated carbocycles. The van der Waals surface area contributed by atoms with Gasteiger partial charge in [-0.15, -0.1) is 0 Å². The van der Waals surface area contributed by atoms with E-state index < -0.39 is 0 Å². The summed E-state index contributed by atoms with van der Waals surface area (Å²) in [6.45, 7) is 14.1. The van der Waals surface area contributed by atoms with Crippen LogP contribution in [0.1, 0.15) is 12.5 Å². The Morgan fingerprint density at radius 2 is 1.28 bits per heavy atom. The number of hydrogen-bond donors (Lipinski definition) is 3. The maximum Gasteiger partial charge on any atom is 0.0791 e. The van der Waals surface area contributed by atoms with Crippen molar-refractivity contribution < 1.29 is 5.11 Å². The number of aromatic amines is 1. The maximum absolute atomic E-state index is 8.46. The lowest BCUT2D eigenvalue weighted by molar-refractivity contribution is 0.474. The maximum atomic E-state index is 8.46. The Balaban J connectivity index is 0.000000247. The Bertz CT molecular complexity index is 3010. The number of aromatic nitrogens is 1. The molecule has 4 heteroatoms. The van der Waals surface area contributed by atoms with Crippen molar-refractivity contribution in [3.63, 3.8) is 0 Å². The fourth-order valence-corrected chi connectivity index (χ4v) is 7.60. The van der Waals surface area contributed by atoms with Crippen molar-refractivity contribution >= 4 is 33.1 Å². The van der Waals surface area contributed by atoms with Crippen molar-refractivity contribution in [2.45, 2.75) is 13.0 Å². The number of para-hydroxylation sites is 1. The molecule has 1 aliphatic heterocycles. The summed E-state index contributed by atoms with van der Waals surface area (Å²) in [5.74, 6) is 0.378. The minimum Gasteiger partial charge on any atom is -0.516 e. The summed E-state index contributed by atoms with van der Waals surface area (Å²) < 4.78 is 0. The molecule has 2 aliphatic rings. The van der Waals surface area contributed by atoms with Gasteiger partial charge in [-0.2, -0.15) is 0 Å². The number of aliphatic hydroxyl groups excluding tert-OH is 1. The van der Waals surface area contributed by atoms with Gasteiger partial charge in [0, 0.05) is 45.8 Å². The number of allylic oxidation sites excluding steroid dienone is 14. The molecule has 0 bridgehead atoms. The van der Waals surface area contributed by atoms with Gasteiger partial charge in [0.05, 0.1) is 11.9 Å².